The lowest BCUT2D eigenvalue weighted by Gasteiger charge is -2.13. The van der Waals surface area contributed by atoms with E-state index in [1.807, 2.05) is 32.2 Å². The van der Waals surface area contributed by atoms with Crippen molar-refractivity contribution in [2.45, 2.75) is 26.8 Å². The van der Waals surface area contributed by atoms with Crippen LogP contribution in [-0.4, -0.2) is 15.0 Å². The van der Waals surface area contributed by atoms with Crippen LogP contribution in [0.25, 0.3) is 0 Å². The number of thiazole rings is 1. The average molecular weight is 264 g/mol. The van der Waals surface area contributed by atoms with Crippen LogP contribution in [0.2, 0.25) is 0 Å². The number of anilines is 2. The fraction of sp³-hybridized carbons (Fsp3) is 0.364. The van der Waals surface area contributed by atoms with Crippen LogP contribution >= 0.6 is 11.3 Å². The van der Waals surface area contributed by atoms with Gasteiger partial charge in [-0.05, 0) is 20.8 Å². The molecule has 4 N–H and O–H groups in total. The number of nitrogens with one attached hydrogen (secondary N) is 2. The molecule has 0 spiro atoms. The number of hydrazine groups is 1. The maximum atomic E-state index is 5.32. The zero-order chi connectivity index (χ0) is 13.1. The van der Waals surface area contributed by atoms with Gasteiger partial charge in [0.2, 0.25) is 5.95 Å². The number of hydrogen-bond donors (Lipinski definition) is 3. The maximum absolute atomic E-state index is 5.32. The van der Waals surface area contributed by atoms with E-state index >= 15 is 0 Å². The quantitative estimate of drug-likeness (QED) is 0.578. The van der Waals surface area contributed by atoms with Gasteiger partial charge in [-0.15, -0.1) is 11.3 Å². The molecule has 0 aliphatic carbocycles. The fourth-order valence-corrected chi connectivity index (χ4v) is 2.37. The van der Waals surface area contributed by atoms with Crippen molar-refractivity contribution in [2.24, 2.45) is 5.84 Å². The van der Waals surface area contributed by atoms with Gasteiger partial charge in [0.05, 0.1) is 6.04 Å². The standard InChI is InChI=1S/C11H16N6S/c1-6-4-9(16-11(14-6)17-12)15-8(3)10-13-7(2)5-18-10/h4-5,8H,12H2,1-3H3,(H2,14,15,16,17). The highest BCUT2D eigenvalue weighted by Gasteiger charge is 2.10. The molecule has 0 saturated carbocycles. The summed E-state index contributed by atoms with van der Waals surface area (Å²) < 4.78 is 0. The second kappa shape index (κ2) is 5.28. The van der Waals surface area contributed by atoms with Crippen LogP contribution < -0.4 is 16.6 Å². The predicted molar refractivity (Wildman–Crippen MR) is 73.5 cm³/mol. The van der Waals surface area contributed by atoms with Crippen LogP contribution in [0.3, 0.4) is 0 Å². The second-order valence-electron chi connectivity index (χ2n) is 4.06. The number of aromatic nitrogens is 3. The van der Waals surface area contributed by atoms with E-state index in [1.165, 1.54) is 0 Å². The van der Waals surface area contributed by atoms with Gasteiger partial charge in [0.1, 0.15) is 10.8 Å². The summed E-state index contributed by atoms with van der Waals surface area (Å²) in [5, 5.41) is 6.35. The molecule has 18 heavy (non-hydrogen) atoms. The Morgan fingerprint density at radius 2 is 2.00 bits per heavy atom. The van der Waals surface area contributed by atoms with Crippen LogP contribution in [-0.2, 0) is 0 Å². The SMILES string of the molecule is Cc1cc(NC(C)c2nc(C)cs2)nc(NN)n1. The topological polar surface area (TPSA) is 88.8 Å². The Morgan fingerprint density at radius 3 is 2.61 bits per heavy atom. The largest absolute Gasteiger partial charge is 0.361 e. The molecule has 7 heteroatoms. The Morgan fingerprint density at radius 1 is 1.22 bits per heavy atom. The van der Waals surface area contributed by atoms with Crippen LogP contribution in [0, 0.1) is 13.8 Å². The molecule has 96 valence electrons. The molecule has 1 atom stereocenters. The summed E-state index contributed by atoms with van der Waals surface area (Å²) >= 11 is 1.63. The summed E-state index contributed by atoms with van der Waals surface area (Å²) in [5.41, 5.74) is 4.33. The minimum Gasteiger partial charge on any atom is -0.361 e. The van der Waals surface area contributed by atoms with Crippen molar-refractivity contribution >= 4 is 23.1 Å². The van der Waals surface area contributed by atoms with E-state index in [9.17, 15) is 0 Å². The molecule has 0 aliphatic rings. The summed E-state index contributed by atoms with van der Waals surface area (Å²) in [7, 11) is 0. The Bertz CT molecular complexity index is 538. The molecular weight excluding hydrogens is 248 g/mol. The lowest BCUT2D eigenvalue weighted by Crippen LogP contribution is -2.14. The molecule has 1 unspecified atom stereocenters. The van der Waals surface area contributed by atoms with Gasteiger partial charge >= 0.3 is 0 Å². The first kappa shape index (κ1) is 12.7. The molecule has 6 nitrogen and oxygen atoms in total. The zero-order valence-corrected chi connectivity index (χ0v) is 11.4. The molecule has 0 saturated heterocycles. The van der Waals surface area contributed by atoms with Crippen LogP contribution in [0.5, 0.6) is 0 Å². The zero-order valence-electron chi connectivity index (χ0n) is 10.6. The van der Waals surface area contributed by atoms with E-state index < -0.39 is 0 Å². The summed E-state index contributed by atoms with van der Waals surface area (Å²) in [6, 6.07) is 1.97. The number of nitrogen functional groups attached to an aromatic ring is 1. The average Bonchev–Trinajstić information content (AvgIpc) is 2.75. The van der Waals surface area contributed by atoms with E-state index in [0.29, 0.717) is 5.95 Å². The van der Waals surface area contributed by atoms with Crippen molar-refractivity contribution < 1.29 is 0 Å². The summed E-state index contributed by atoms with van der Waals surface area (Å²) in [6.07, 6.45) is 0. The highest BCUT2D eigenvalue weighted by molar-refractivity contribution is 7.09. The van der Waals surface area contributed by atoms with Crippen molar-refractivity contribution in [2.75, 3.05) is 10.7 Å². The Kier molecular flexibility index (Phi) is 3.73. The number of rotatable bonds is 4. The molecule has 0 bridgehead atoms. The number of aryl methyl sites for hydroxylation is 2. The Balaban J connectivity index is 2.16. The van der Waals surface area contributed by atoms with Crippen molar-refractivity contribution in [1.82, 2.24) is 15.0 Å². The molecular formula is C11H16N6S. The number of nitrogens with zero attached hydrogens (tertiary/aromatic N) is 3. The highest BCUT2D eigenvalue weighted by atomic mass is 32.1. The smallest absolute Gasteiger partial charge is 0.239 e. The predicted octanol–water partition coefficient (Wildman–Crippen LogP) is 2.01. The molecule has 0 amide bonds. The third-order valence-corrected chi connectivity index (χ3v) is 3.50. The van der Waals surface area contributed by atoms with Crippen LogP contribution in [0.15, 0.2) is 11.4 Å². The Hall–Kier alpha value is -1.73. The van der Waals surface area contributed by atoms with Crippen molar-refractivity contribution in [3.63, 3.8) is 0 Å². The third-order valence-electron chi connectivity index (χ3n) is 2.35. The molecule has 2 aromatic heterocycles. The molecule has 2 heterocycles. The molecule has 0 aliphatic heterocycles. The lowest BCUT2D eigenvalue weighted by atomic mass is 10.3. The first-order valence-corrected chi connectivity index (χ1v) is 6.47. The molecule has 0 aromatic carbocycles. The van der Waals surface area contributed by atoms with Crippen molar-refractivity contribution in [3.05, 3.63) is 27.8 Å². The molecule has 0 fully saturated rings. The number of hydrogen-bond acceptors (Lipinski definition) is 7. The monoisotopic (exact) mass is 264 g/mol. The van der Waals surface area contributed by atoms with Gasteiger partial charge in [-0.25, -0.2) is 15.8 Å². The summed E-state index contributed by atoms with van der Waals surface area (Å²) in [5.74, 6) is 6.45. The second-order valence-corrected chi connectivity index (χ2v) is 4.95. The van der Waals surface area contributed by atoms with Gasteiger partial charge in [-0.1, -0.05) is 0 Å². The van der Waals surface area contributed by atoms with Gasteiger partial charge < -0.3 is 5.32 Å². The molecule has 0 radical (unpaired) electrons. The highest BCUT2D eigenvalue weighted by Crippen LogP contribution is 2.22. The third kappa shape index (κ3) is 2.93. The fourth-order valence-electron chi connectivity index (χ4n) is 1.56. The Labute approximate surface area is 110 Å². The number of nitrogens with two attached hydrogens (primary N) is 1. The van der Waals surface area contributed by atoms with Crippen molar-refractivity contribution in [1.29, 1.82) is 0 Å². The minimum absolute atomic E-state index is 0.101. The molecule has 2 rings (SSSR count). The van der Waals surface area contributed by atoms with E-state index in [4.69, 9.17) is 5.84 Å². The van der Waals surface area contributed by atoms with Crippen molar-refractivity contribution in [3.8, 4) is 0 Å². The van der Waals surface area contributed by atoms with E-state index in [0.717, 1.165) is 22.2 Å². The van der Waals surface area contributed by atoms with Gasteiger partial charge in [0.15, 0.2) is 0 Å². The minimum atomic E-state index is 0.101. The van der Waals surface area contributed by atoms with Crippen LogP contribution in [0.4, 0.5) is 11.8 Å². The first-order chi connectivity index (χ1) is 8.58. The summed E-state index contributed by atoms with van der Waals surface area (Å²) in [4.78, 5) is 12.8. The van der Waals surface area contributed by atoms with Crippen LogP contribution in [0.1, 0.15) is 29.4 Å². The van der Waals surface area contributed by atoms with Gasteiger partial charge in [0, 0.05) is 22.8 Å². The van der Waals surface area contributed by atoms with E-state index in [-0.39, 0.29) is 6.04 Å². The van der Waals surface area contributed by atoms with E-state index in [1.54, 1.807) is 11.3 Å². The lowest BCUT2D eigenvalue weighted by molar-refractivity contribution is 0.852. The first-order valence-electron chi connectivity index (χ1n) is 5.59. The molecule has 2 aromatic rings. The summed E-state index contributed by atoms with van der Waals surface area (Å²) in [6.45, 7) is 5.93. The maximum Gasteiger partial charge on any atom is 0.239 e. The van der Waals surface area contributed by atoms with Gasteiger partial charge in [-0.3, -0.25) is 5.43 Å². The van der Waals surface area contributed by atoms with E-state index in [2.05, 4.69) is 25.7 Å². The van der Waals surface area contributed by atoms with Gasteiger partial charge in [0.25, 0.3) is 0 Å². The van der Waals surface area contributed by atoms with Gasteiger partial charge in [-0.2, -0.15) is 4.98 Å². The normalized spacial score (nSPS) is 12.2.